The molecule has 2 fully saturated rings. The van der Waals surface area contributed by atoms with E-state index < -0.39 is 0 Å². The van der Waals surface area contributed by atoms with Gasteiger partial charge in [-0.15, -0.1) is 0 Å². The molecule has 0 bridgehead atoms. The van der Waals surface area contributed by atoms with E-state index in [1.807, 2.05) is 18.2 Å². The standard InChI is InChI=1S/C30H38N4O2S/c1-7-34-26-16-20(2)22(17-25(26)21(3)19-30(34,4)5)18-27-28(35)32(6)29(37-27)31-23-8-10-24(11-9-23)33-12-14-36-15-13-33/h8-11,16-18,21H,7,12-15,19H2,1-6H3/b27-18-,31-29?/t21-/m0/s1. The highest BCUT2D eigenvalue weighted by atomic mass is 32.2. The van der Waals surface area contributed by atoms with Gasteiger partial charge in [0, 0.05) is 43.6 Å². The first-order chi connectivity index (χ1) is 17.7. The van der Waals surface area contributed by atoms with E-state index in [4.69, 9.17) is 9.73 Å². The summed E-state index contributed by atoms with van der Waals surface area (Å²) in [5.41, 5.74) is 7.17. The average molecular weight is 519 g/mol. The van der Waals surface area contributed by atoms with Gasteiger partial charge < -0.3 is 14.5 Å². The van der Waals surface area contributed by atoms with Crippen molar-refractivity contribution < 1.29 is 9.53 Å². The second-order valence-electron chi connectivity index (χ2n) is 10.9. The number of nitrogens with zero attached hydrogens (tertiary/aromatic N) is 4. The van der Waals surface area contributed by atoms with Crippen LogP contribution >= 0.6 is 11.8 Å². The van der Waals surface area contributed by atoms with Crippen molar-refractivity contribution in [2.75, 3.05) is 49.7 Å². The summed E-state index contributed by atoms with van der Waals surface area (Å²) in [5, 5.41) is 0.707. The monoisotopic (exact) mass is 518 g/mol. The number of amides is 1. The Morgan fingerprint density at radius 3 is 2.54 bits per heavy atom. The SMILES string of the molecule is CCN1c2cc(C)c(/C=C3\SC(=Nc4ccc(N5CCOCC5)cc4)N(C)C3=O)cc2[C@@H](C)CC1(C)C. The summed E-state index contributed by atoms with van der Waals surface area (Å²) in [4.78, 5) is 25.2. The number of amidine groups is 1. The molecule has 0 unspecified atom stereocenters. The molecule has 2 aromatic carbocycles. The number of carbonyl (C=O) groups excluding carboxylic acids is 1. The van der Waals surface area contributed by atoms with Crippen LogP contribution in [0.15, 0.2) is 46.3 Å². The molecular weight excluding hydrogens is 480 g/mol. The fourth-order valence-electron chi connectivity index (χ4n) is 5.87. The molecule has 0 radical (unpaired) electrons. The van der Waals surface area contributed by atoms with Gasteiger partial charge in [-0.05, 0) is 111 Å². The summed E-state index contributed by atoms with van der Waals surface area (Å²) in [6, 6.07) is 12.8. The lowest BCUT2D eigenvalue weighted by Gasteiger charge is -2.47. The highest BCUT2D eigenvalue weighted by Crippen LogP contribution is 2.45. The molecule has 6 nitrogen and oxygen atoms in total. The van der Waals surface area contributed by atoms with Crippen LogP contribution in [0.3, 0.4) is 0 Å². The van der Waals surface area contributed by atoms with Crippen molar-refractivity contribution in [2.24, 2.45) is 4.99 Å². The minimum absolute atomic E-state index is 0.00447. The lowest BCUT2D eigenvalue weighted by atomic mass is 9.79. The van der Waals surface area contributed by atoms with Crippen LogP contribution in [0.1, 0.15) is 56.7 Å². The molecular formula is C30H38N4O2S. The number of rotatable bonds is 4. The fourth-order valence-corrected chi connectivity index (χ4v) is 6.85. The minimum atomic E-state index is -0.00447. The zero-order valence-corrected chi connectivity index (χ0v) is 23.7. The molecule has 2 aromatic rings. The molecule has 37 heavy (non-hydrogen) atoms. The van der Waals surface area contributed by atoms with Gasteiger partial charge in [0.25, 0.3) is 5.91 Å². The predicted octanol–water partition coefficient (Wildman–Crippen LogP) is 6.18. The zero-order valence-electron chi connectivity index (χ0n) is 22.9. The number of hydrogen-bond donors (Lipinski definition) is 0. The van der Waals surface area contributed by atoms with E-state index in [1.54, 1.807) is 11.9 Å². The Kier molecular flexibility index (Phi) is 7.12. The average Bonchev–Trinajstić information content (AvgIpc) is 3.13. The van der Waals surface area contributed by atoms with Crippen molar-refractivity contribution >= 4 is 46.0 Å². The Morgan fingerprint density at radius 2 is 1.86 bits per heavy atom. The van der Waals surface area contributed by atoms with Crippen LogP contribution in [0, 0.1) is 6.92 Å². The number of aryl methyl sites for hydroxylation is 1. The van der Waals surface area contributed by atoms with Gasteiger partial charge in [0.05, 0.1) is 23.8 Å². The Balaban J connectivity index is 1.40. The summed E-state index contributed by atoms with van der Waals surface area (Å²) in [6.07, 6.45) is 3.16. The van der Waals surface area contributed by atoms with Crippen molar-refractivity contribution in [2.45, 2.75) is 52.5 Å². The number of ether oxygens (including phenoxy) is 1. The molecule has 1 atom stereocenters. The van der Waals surface area contributed by atoms with Gasteiger partial charge in [-0.25, -0.2) is 4.99 Å². The van der Waals surface area contributed by atoms with E-state index in [1.165, 1.54) is 34.3 Å². The van der Waals surface area contributed by atoms with Crippen LogP contribution in [-0.2, 0) is 9.53 Å². The molecule has 7 heteroatoms. The third-order valence-corrected chi connectivity index (χ3v) is 8.89. The number of aliphatic imine (C=N–C) groups is 1. The third kappa shape index (κ3) is 5.04. The molecule has 3 heterocycles. The Bertz CT molecular complexity index is 1240. The Morgan fingerprint density at radius 1 is 1.16 bits per heavy atom. The van der Waals surface area contributed by atoms with Crippen molar-refractivity contribution in [3.8, 4) is 0 Å². The van der Waals surface area contributed by atoms with Gasteiger partial charge >= 0.3 is 0 Å². The molecule has 1 amide bonds. The second-order valence-corrected chi connectivity index (χ2v) is 11.9. The highest BCUT2D eigenvalue weighted by molar-refractivity contribution is 8.18. The first-order valence-electron chi connectivity index (χ1n) is 13.3. The van der Waals surface area contributed by atoms with Crippen LogP contribution in [0.4, 0.5) is 17.1 Å². The number of fused-ring (bicyclic) bond motifs is 1. The highest BCUT2D eigenvalue weighted by Gasteiger charge is 2.36. The van der Waals surface area contributed by atoms with Crippen molar-refractivity contribution in [3.05, 3.63) is 58.0 Å². The molecule has 0 aromatic heterocycles. The molecule has 0 N–H and O–H groups in total. The molecule has 0 spiro atoms. The summed E-state index contributed by atoms with van der Waals surface area (Å²) >= 11 is 1.45. The molecule has 3 aliphatic heterocycles. The van der Waals surface area contributed by atoms with Gasteiger partial charge in [0.15, 0.2) is 5.17 Å². The maximum atomic E-state index is 13.1. The summed E-state index contributed by atoms with van der Waals surface area (Å²) in [5.74, 6) is 0.466. The molecule has 0 aliphatic carbocycles. The minimum Gasteiger partial charge on any atom is -0.378 e. The number of benzene rings is 2. The van der Waals surface area contributed by atoms with Crippen molar-refractivity contribution in [3.63, 3.8) is 0 Å². The quantitative estimate of drug-likeness (QED) is 0.453. The largest absolute Gasteiger partial charge is 0.378 e. The van der Waals surface area contributed by atoms with Crippen LogP contribution < -0.4 is 9.80 Å². The topological polar surface area (TPSA) is 48.4 Å². The molecule has 2 saturated heterocycles. The predicted molar refractivity (Wildman–Crippen MR) is 156 cm³/mol. The number of morpholine rings is 1. The van der Waals surface area contributed by atoms with Crippen molar-refractivity contribution in [1.29, 1.82) is 0 Å². The van der Waals surface area contributed by atoms with E-state index in [0.29, 0.717) is 16.0 Å². The van der Waals surface area contributed by atoms with Gasteiger partial charge in [-0.1, -0.05) is 6.92 Å². The third-order valence-electron chi connectivity index (χ3n) is 7.83. The smallest absolute Gasteiger partial charge is 0.266 e. The Labute approximate surface area is 225 Å². The summed E-state index contributed by atoms with van der Waals surface area (Å²) in [7, 11) is 1.81. The van der Waals surface area contributed by atoms with E-state index in [-0.39, 0.29) is 11.4 Å². The number of thioether (sulfide) groups is 1. The van der Waals surface area contributed by atoms with E-state index in [9.17, 15) is 4.79 Å². The Hall–Kier alpha value is -2.77. The second kappa shape index (κ2) is 10.2. The van der Waals surface area contributed by atoms with Gasteiger partial charge in [0.2, 0.25) is 0 Å². The van der Waals surface area contributed by atoms with Crippen molar-refractivity contribution in [1.82, 2.24) is 4.90 Å². The number of likely N-dealkylation sites (N-methyl/N-ethyl adjacent to an activating group) is 1. The van der Waals surface area contributed by atoms with E-state index in [2.05, 4.69) is 68.7 Å². The van der Waals surface area contributed by atoms with Crippen LogP contribution in [0.25, 0.3) is 6.08 Å². The number of anilines is 2. The molecule has 5 rings (SSSR count). The fraction of sp³-hybridized carbons (Fsp3) is 0.467. The van der Waals surface area contributed by atoms with E-state index in [0.717, 1.165) is 50.5 Å². The first kappa shape index (κ1) is 25.9. The lowest BCUT2D eigenvalue weighted by Crippen LogP contribution is -2.48. The summed E-state index contributed by atoms with van der Waals surface area (Å²) in [6.45, 7) is 15.7. The zero-order chi connectivity index (χ0) is 26.3. The number of carbonyl (C=O) groups is 1. The van der Waals surface area contributed by atoms with Gasteiger partial charge in [0.1, 0.15) is 0 Å². The maximum Gasteiger partial charge on any atom is 0.266 e. The van der Waals surface area contributed by atoms with Crippen LogP contribution in [-0.4, -0.2) is 61.4 Å². The lowest BCUT2D eigenvalue weighted by molar-refractivity contribution is -0.121. The number of hydrogen-bond acceptors (Lipinski definition) is 6. The molecule has 3 aliphatic rings. The van der Waals surface area contributed by atoms with E-state index >= 15 is 0 Å². The molecule has 0 saturated carbocycles. The van der Waals surface area contributed by atoms with Gasteiger partial charge in [-0.3, -0.25) is 9.69 Å². The van der Waals surface area contributed by atoms with Crippen LogP contribution in [0.2, 0.25) is 0 Å². The normalized spacial score (nSPS) is 23.8. The first-order valence-corrected chi connectivity index (χ1v) is 14.1. The summed E-state index contributed by atoms with van der Waals surface area (Å²) < 4.78 is 5.45. The maximum absolute atomic E-state index is 13.1. The van der Waals surface area contributed by atoms with Crippen LogP contribution in [0.5, 0.6) is 0 Å². The molecule has 196 valence electrons. The van der Waals surface area contributed by atoms with Gasteiger partial charge in [-0.2, -0.15) is 0 Å².